The zero-order chi connectivity index (χ0) is 30.6. The fourth-order valence-corrected chi connectivity index (χ4v) is 7.92. The predicted octanol–water partition coefficient (Wildman–Crippen LogP) is 5.57. The van der Waals surface area contributed by atoms with Crippen molar-refractivity contribution in [1.29, 1.82) is 5.26 Å². The lowest BCUT2D eigenvalue weighted by Gasteiger charge is -2.49. The quantitative estimate of drug-likeness (QED) is 0.281. The lowest BCUT2D eigenvalue weighted by atomic mass is 9.78. The number of anilines is 3. The summed E-state index contributed by atoms with van der Waals surface area (Å²) in [5.41, 5.74) is 6.50. The number of halogens is 1. The van der Waals surface area contributed by atoms with Crippen molar-refractivity contribution in [1.82, 2.24) is 19.5 Å². The second-order valence-corrected chi connectivity index (χ2v) is 13.4. The number of nitriles is 1. The Morgan fingerprint density at radius 3 is 2.66 bits per heavy atom. The SMILES string of the molecule is CCc1nn2c(C)cc(N3CC4(CCN(C(=O)C5CCOCC5)C4)C3)cc2c1N(C)c1nc(-c2ccc(F)cc2)c(C#N)s1. The van der Waals surface area contributed by atoms with Crippen molar-refractivity contribution in [2.24, 2.45) is 11.3 Å². The van der Waals surface area contributed by atoms with Gasteiger partial charge in [-0.3, -0.25) is 4.79 Å². The van der Waals surface area contributed by atoms with Gasteiger partial charge in [0.25, 0.3) is 0 Å². The molecule has 3 aromatic heterocycles. The molecule has 1 amide bonds. The molecule has 0 unspecified atom stereocenters. The van der Waals surface area contributed by atoms with Gasteiger partial charge in [0, 0.05) is 74.7 Å². The number of fused-ring (bicyclic) bond motifs is 1. The number of hydrogen-bond donors (Lipinski definition) is 0. The molecule has 0 atom stereocenters. The third kappa shape index (κ3) is 4.90. The highest BCUT2D eigenvalue weighted by atomic mass is 32.1. The van der Waals surface area contributed by atoms with Gasteiger partial charge in [-0.1, -0.05) is 18.3 Å². The van der Waals surface area contributed by atoms with Crippen LogP contribution in [0.1, 0.15) is 42.5 Å². The molecule has 1 aromatic carbocycles. The lowest BCUT2D eigenvalue weighted by Crippen LogP contribution is -2.58. The minimum Gasteiger partial charge on any atom is -0.381 e. The first-order chi connectivity index (χ1) is 21.3. The van der Waals surface area contributed by atoms with E-state index in [0.29, 0.717) is 40.4 Å². The number of ether oxygens (including phenoxy) is 1. The van der Waals surface area contributed by atoms with Gasteiger partial charge in [-0.2, -0.15) is 10.4 Å². The minimum absolute atomic E-state index is 0.110. The monoisotopic (exact) mass is 613 g/mol. The molecule has 3 fully saturated rings. The number of likely N-dealkylation sites (tertiary alicyclic amines) is 1. The fourth-order valence-electron chi connectivity index (χ4n) is 7.07. The van der Waals surface area contributed by atoms with E-state index in [1.807, 2.05) is 16.5 Å². The molecule has 9 nitrogen and oxygen atoms in total. The van der Waals surface area contributed by atoms with Crippen molar-refractivity contribution < 1.29 is 13.9 Å². The van der Waals surface area contributed by atoms with E-state index in [0.717, 1.165) is 80.1 Å². The number of carbonyl (C=O) groups is 1. The summed E-state index contributed by atoms with van der Waals surface area (Å²) in [7, 11) is 1.97. The summed E-state index contributed by atoms with van der Waals surface area (Å²) >= 11 is 1.32. The molecule has 6 heterocycles. The van der Waals surface area contributed by atoms with Crippen LogP contribution in [0.2, 0.25) is 0 Å². The first kappa shape index (κ1) is 28.7. The molecule has 3 aliphatic heterocycles. The number of nitrogens with zero attached hydrogens (tertiary/aromatic N) is 7. The van der Waals surface area contributed by atoms with Crippen LogP contribution in [0, 0.1) is 35.4 Å². The molecule has 0 radical (unpaired) electrons. The Balaban J connectivity index is 1.15. The van der Waals surface area contributed by atoms with Crippen molar-refractivity contribution in [2.75, 3.05) is 56.2 Å². The van der Waals surface area contributed by atoms with Gasteiger partial charge in [0.1, 0.15) is 22.5 Å². The molecule has 0 N–H and O–H groups in total. The fraction of sp³-hybridized carbons (Fsp3) is 0.455. The Bertz CT molecular complexity index is 1760. The second kappa shape index (κ2) is 11.2. The number of benzene rings is 1. The van der Waals surface area contributed by atoms with Gasteiger partial charge in [-0.05, 0) is 69.0 Å². The zero-order valence-electron chi connectivity index (χ0n) is 25.3. The van der Waals surface area contributed by atoms with E-state index in [9.17, 15) is 14.4 Å². The number of hydrogen-bond acceptors (Lipinski definition) is 8. The van der Waals surface area contributed by atoms with Gasteiger partial charge >= 0.3 is 0 Å². The van der Waals surface area contributed by atoms with Gasteiger partial charge in [-0.15, -0.1) is 0 Å². The maximum absolute atomic E-state index is 13.6. The molecule has 7 rings (SSSR count). The number of carbonyl (C=O) groups excluding carboxylic acids is 1. The molecule has 44 heavy (non-hydrogen) atoms. The maximum Gasteiger partial charge on any atom is 0.225 e. The first-order valence-corrected chi connectivity index (χ1v) is 16.1. The van der Waals surface area contributed by atoms with E-state index >= 15 is 0 Å². The molecular weight excluding hydrogens is 577 g/mol. The Morgan fingerprint density at radius 1 is 1.20 bits per heavy atom. The van der Waals surface area contributed by atoms with Crippen LogP contribution < -0.4 is 9.80 Å². The molecule has 3 aliphatic rings. The van der Waals surface area contributed by atoms with Crippen molar-refractivity contribution in [3.8, 4) is 17.3 Å². The van der Waals surface area contributed by atoms with Crippen molar-refractivity contribution in [3.05, 3.63) is 58.5 Å². The van der Waals surface area contributed by atoms with E-state index in [4.69, 9.17) is 14.8 Å². The van der Waals surface area contributed by atoms with Crippen LogP contribution in [0.25, 0.3) is 16.8 Å². The Morgan fingerprint density at radius 2 is 1.95 bits per heavy atom. The van der Waals surface area contributed by atoms with Crippen LogP contribution in [0.15, 0.2) is 36.4 Å². The molecular formula is C33H36FN7O2S. The van der Waals surface area contributed by atoms with E-state index in [1.54, 1.807) is 12.1 Å². The average Bonchev–Trinajstić information content (AvgIpc) is 3.76. The third-order valence-corrected chi connectivity index (χ3v) is 10.5. The Labute approximate surface area is 260 Å². The number of amides is 1. The number of pyridine rings is 1. The van der Waals surface area contributed by atoms with Crippen LogP contribution in [0.4, 0.5) is 20.9 Å². The number of rotatable bonds is 6. The van der Waals surface area contributed by atoms with E-state index < -0.39 is 0 Å². The summed E-state index contributed by atoms with van der Waals surface area (Å²) in [6, 6.07) is 12.8. The molecule has 11 heteroatoms. The first-order valence-electron chi connectivity index (χ1n) is 15.3. The Kier molecular flexibility index (Phi) is 7.29. The van der Waals surface area contributed by atoms with Crippen molar-refractivity contribution in [3.63, 3.8) is 0 Å². The van der Waals surface area contributed by atoms with Gasteiger partial charge in [-0.25, -0.2) is 13.9 Å². The van der Waals surface area contributed by atoms with Crippen LogP contribution in [-0.2, 0) is 16.0 Å². The smallest absolute Gasteiger partial charge is 0.225 e. The molecule has 3 saturated heterocycles. The van der Waals surface area contributed by atoms with E-state index in [2.05, 4.69) is 41.8 Å². The highest BCUT2D eigenvalue weighted by molar-refractivity contribution is 7.16. The predicted molar refractivity (Wildman–Crippen MR) is 169 cm³/mol. The second-order valence-electron chi connectivity index (χ2n) is 12.4. The van der Waals surface area contributed by atoms with Crippen LogP contribution in [-0.4, -0.2) is 71.8 Å². The minimum atomic E-state index is -0.327. The van der Waals surface area contributed by atoms with Gasteiger partial charge < -0.3 is 19.4 Å². The topological polar surface area (TPSA) is 90.0 Å². The van der Waals surface area contributed by atoms with E-state index in [-0.39, 0.29) is 17.2 Å². The van der Waals surface area contributed by atoms with Gasteiger partial charge in [0.2, 0.25) is 5.91 Å². The maximum atomic E-state index is 13.6. The third-order valence-electron chi connectivity index (χ3n) is 9.47. The molecule has 1 spiro atoms. The number of aryl methyl sites for hydroxylation is 2. The summed E-state index contributed by atoms with van der Waals surface area (Å²) in [6.07, 6.45) is 3.45. The molecule has 228 valence electrons. The number of aromatic nitrogens is 3. The largest absolute Gasteiger partial charge is 0.381 e. The summed E-state index contributed by atoms with van der Waals surface area (Å²) < 4.78 is 21.0. The highest BCUT2D eigenvalue weighted by Crippen LogP contribution is 2.44. The summed E-state index contributed by atoms with van der Waals surface area (Å²) in [6.45, 7) is 9.09. The average molecular weight is 614 g/mol. The van der Waals surface area contributed by atoms with Gasteiger partial charge in [0.15, 0.2) is 5.13 Å². The molecule has 0 aliphatic carbocycles. The van der Waals surface area contributed by atoms with Crippen molar-refractivity contribution >= 4 is 39.3 Å². The molecule has 0 saturated carbocycles. The van der Waals surface area contributed by atoms with Crippen LogP contribution in [0.3, 0.4) is 0 Å². The highest BCUT2D eigenvalue weighted by Gasteiger charge is 2.49. The molecule has 0 bridgehead atoms. The zero-order valence-corrected chi connectivity index (χ0v) is 26.2. The summed E-state index contributed by atoms with van der Waals surface area (Å²) in [4.78, 5) is 25.0. The van der Waals surface area contributed by atoms with E-state index in [1.165, 1.54) is 23.5 Å². The standard InChI is InChI=1S/C33H36FN7O2S/c1-4-26-30(38(3)32-36-29(28(17-35)44-32)22-5-7-24(34)8-6-22)27-16-25(15-21(2)41(27)37-26)40-19-33(20-40)11-12-39(18-33)31(42)23-9-13-43-14-10-23/h5-8,15-16,23H,4,9-14,18-20H2,1-3H3. The Hall–Kier alpha value is -4.01. The van der Waals surface area contributed by atoms with Gasteiger partial charge in [0.05, 0.1) is 16.9 Å². The summed E-state index contributed by atoms with van der Waals surface area (Å²) in [5.74, 6) is 0.0927. The molecule has 4 aromatic rings. The number of thiazole rings is 1. The van der Waals surface area contributed by atoms with Crippen LogP contribution >= 0.6 is 11.3 Å². The lowest BCUT2D eigenvalue weighted by molar-refractivity contribution is -0.137. The van der Waals surface area contributed by atoms with Crippen LogP contribution in [0.5, 0.6) is 0 Å². The van der Waals surface area contributed by atoms with Crippen molar-refractivity contribution in [2.45, 2.75) is 39.5 Å². The summed E-state index contributed by atoms with van der Waals surface area (Å²) in [5, 5.41) is 15.5. The normalized spacial score (nSPS) is 18.2.